The molecule has 1 saturated carbocycles. The van der Waals surface area contributed by atoms with Crippen molar-refractivity contribution in [3.8, 4) is 0 Å². The lowest BCUT2D eigenvalue weighted by Crippen LogP contribution is -2.38. The van der Waals surface area contributed by atoms with Gasteiger partial charge in [0.05, 0.1) is 10.9 Å². The number of hydrogen-bond acceptors (Lipinski definition) is 4. The predicted octanol–water partition coefficient (Wildman–Crippen LogP) is 4.81. The molecule has 2 fully saturated rings. The number of carbonyl (C=O) groups is 1. The van der Waals surface area contributed by atoms with Gasteiger partial charge in [0.2, 0.25) is 0 Å². The van der Waals surface area contributed by atoms with E-state index in [2.05, 4.69) is 37.9 Å². The average molecular weight is 436 g/mol. The second-order valence-electron chi connectivity index (χ2n) is 6.96. The van der Waals surface area contributed by atoms with Gasteiger partial charge in [0, 0.05) is 36.6 Å². The van der Waals surface area contributed by atoms with Crippen LogP contribution in [0.4, 0.5) is 5.82 Å². The minimum Gasteiger partial charge on any atom is -0.462 e. The second kappa shape index (κ2) is 7.57. The van der Waals surface area contributed by atoms with Crippen molar-refractivity contribution < 1.29 is 9.53 Å². The van der Waals surface area contributed by atoms with E-state index in [4.69, 9.17) is 16.3 Å². The maximum atomic E-state index is 12.4. The number of hydrogen-bond donors (Lipinski definition) is 0. The van der Waals surface area contributed by atoms with Crippen LogP contribution in [0, 0.1) is 5.92 Å². The fraction of sp³-hybridized carbons (Fsp3) is 0.400. The third-order valence-electron chi connectivity index (χ3n) is 5.15. The van der Waals surface area contributed by atoms with Crippen LogP contribution < -0.4 is 4.90 Å². The van der Waals surface area contributed by atoms with E-state index >= 15 is 0 Å². The van der Waals surface area contributed by atoms with Crippen molar-refractivity contribution in [3.63, 3.8) is 0 Å². The molecule has 2 aliphatic rings. The Balaban J connectivity index is 1.26. The standard InChI is InChI=1S/C20H20BrClN2O2/c21-14-3-1-13(2-4-14)17-11-18(17)20(25)26-16-7-9-24(10-8-16)19-6-5-15(22)12-23-19/h1-6,12,16-18H,7-11H2. The highest BCUT2D eigenvalue weighted by Crippen LogP contribution is 2.48. The van der Waals surface area contributed by atoms with Crippen molar-refractivity contribution >= 4 is 39.3 Å². The molecule has 0 radical (unpaired) electrons. The molecule has 6 heteroatoms. The number of halogens is 2. The van der Waals surface area contributed by atoms with Crippen molar-refractivity contribution in [2.24, 2.45) is 5.92 Å². The summed E-state index contributed by atoms with van der Waals surface area (Å²) < 4.78 is 6.84. The minimum absolute atomic E-state index is 0.0113. The molecule has 1 aromatic heterocycles. The van der Waals surface area contributed by atoms with Gasteiger partial charge in [-0.25, -0.2) is 4.98 Å². The zero-order chi connectivity index (χ0) is 18.1. The van der Waals surface area contributed by atoms with Gasteiger partial charge in [-0.1, -0.05) is 39.7 Å². The highest BCUT2D eigenvalue weighted by molar-refractivity contribution is 9.10. The number of pyridine rings is 1. The van der Waals surface area contributed by atoms with Gasteiger partial charge in [-0.05, 0) is 42.2 Å². The van der Waals surface area contributed by atoms with Crippen LogP contribution in [0.15, 0.2) is 47.1 Å². The molecule has 0 spiro atoms. The summed E-state index contributed by atoms with van der Waals surface area (Å²) in [6, 6.07) is 12.0. The molecule has 2 atom stereocenters. The molecule has 1 aromatic carbocycles. The van der Waals surface area contributed by atoms with Gasteiger partial charge in [0.1, 0.15) is 11.9 Å². The van der Waals surface area contributed by atoms with Crippen LogP contribution in [-0.4, -0.2) is 30.1 Å². The van der Waals surface area contributed by atoms with Gasteiger partial charge in [-0.3, -0.25) is 4.79 Å². The first kappa shape index (κ1) is 17.8. The van der Waals surface area contributed by atoms with E-state index in [0.29, 0.717) is 10.9 Å². The number of piperidine rings is 1. The van der Waals surface area contributed by atoms with Gasteiger partial charge < -0.3 is 9.64 Å². The van der Waals surface area contributed by atoms with E-state index in [0.717, 1.165) is 42.6 Å². The van der Waals surface area contributed by atoms with Crippen LogP contribution in [0.2, 0.25) is 5.02 Å². The Morgan fingerprint density at radius 3 is 2.54 bits per heavy atom. The molecule has 26 heavy (non-hydrogen) atoms. The summed E-state index contributed by atoms with van der Waals surface area (Å²) in [7, 11) is 0. The van der Waals surface area contributed by atoms with Crippen LogP contribution in [0.25, 0.3) is 0 Å². The van der Waals surface area contributed by atoms with Crippen LogP contribution in [-0.2, 0) is 9.53 Å². The van der Waals surface area contributed by atoms with Crippen LogP contribution in [0.1, 0.15) is 30.7 Å². The smallest absolute Gasteiger partial charge is 0.309 e. The topological polar surface area (TPSA) is 42.4 Å². The lowest BCUT2D eigenvalue weighted by molar-refractivity contribution is -0.151. The van der Waals surface area contributed by atoms with Crippen molar-refractivity contribution in [2.45, 2.75) is 31.3 Å². The molecule has 2 heterocycles. The molecule has 1 saturated heterocycles. The molecule has 1 aliphatic carbocycles. The summed E-state index contributed by atoms with van der Waals surface area (Å²) >= 11 is 9.33. The summed E-state index contributed by atoms with van der Waals surface area (Å²) in [5.74, 6) is 1.22. The molecule has 4 nitrogen and oxygen atoms in total. The number of esters is 1. The van der Waals surface area contributed by atoms with E-state index < -0.39 is 0 Å². The maximum Gasteiger partial charge on any atom is 0.309 e. The largest absolute Gasteiger partial charge is 0.462 e. The van der Waals surface area contributed by atoms with E-state index in [1.807, 2.05) is 24.3 Å². The lowest BCUT2D eigenvalue weighted by Gasteiger charge is -2.32. The molecule has 136 valence electrons. The number of aromatic nitrogens is 1. The van der Waals surface area contributed by atoms with Gasteiger partial charge in [-0.2, -0.15) is 0 Å². The van der Waals surface area contributed by atoms with Crippen molar-refractivity contribution in [3.05, 3.63) is 57.7 Å². The molecular formula is C20H20BrClN2O2. The molecule has 0 bridgehead atoms. The Morgan fingerprint density at radius 1 is 1.15 bits per heavy atom. The Morgan fingerprint density at radius 2 is 1.88 bits per heavy atom. The Kier molecular flexibility index (Phi) is 5.18. The lowest BCUT2D eigenvalue weighted by atomic mass is 10.1. The number of ether oxygens (including phenoxy) is 1. The van der Waals surface area contributed by atoms with E-state index in [9.17, 15) is 4.79 Å². The Bertz CT molecular complexity index is 773. The highest BCUT2D eigenvalue weighted by atomic mass is 79.9. The number of anilines is 1. The maximum absolute atomic E-state index is 12.4. The summed E-state index contributed by atoms with van der Waals surface area (Å²) in [4.78, 5) is 19.0. The molecule has 2 aromatic rings. The van der Waals surface area contributed by atoms with Crippen LogP contribution >= 0.6 is 27.5 Å². The number of nitrogens with zero attached hydrogens (tertiary/aromatic N) is 2. The fourth-order valence-electron chi connectivity index (χ4n) is 3.54. The third kappa shape index (κ3) is 4.04. The van der Waals surface area contributed by atoms with E-state index in [1.165, 1.54) is 5.56 Å². The summed E-state index contributed by atoms with van der Waals surface area (Å²) in [6.07, 6.45) is 4.25. The van der Waals surface area contributed by atoms with Gasteiger partial charge >= 0.3 is 5.97 Å². The summed E-state index contributed by atoms with van der Waals surface area (Å²) in [5, 5.41) is 0.641. The third-order valence-corrected chi connectivity index (χ3v) is 5.90. The molecule has 4 rings (SSSR count). The summed E-state index contributed by atoms with van der Waals surface area (Å²) in [5.41, 5.74) is 1.22. The summed E-state index contributed by atoms with van der Waals surface area (Å²) in [6.45, 7) is 1.68. The van der Waals surface area contributed by atoms with Gasteiger partial charge in [-0.15, -0.1) is 0 Å². The fourth-order valence-corrected chi connectivity index (χ4v) is 3.92. The quantitative estimate of drug-likeness (QED) is 0.646. The first-order valence-corrected chi connectivity index (χ1v) is 10.1. The normalized spacial score (nSPS) is 22.9. The number of carbonyl (C=O) groups excluding carboxylic acids is 1. The zero-order valence-electron chi connectivity index (χ0n) is 14.3. The van der Waals surface area contributed by atoms with Crippen molar-refractivity contribution in [1.82, 2.24) is 4.98 Å². The molecule has 0 N–H and O–H groups in total. The van der Waals surface area contributed by atoms with Gasteiger partial charge in [0.15, 0.2) is 0 Å². The zero-order valence-corrected chi connectivity index (χ0v) is 16.6. The molecule has 2 unspecified atom stereocenters. The molecule has 0 amide bonds. The second-order valence-corrected chi connectivity index (χ2v) is 8.31. The Labute approximate surface area is 166 Å². The predicted molar refractivity (Wildman–Crippen MR) is 106 cm³/mol. The SMILES string of the molecule is O=C(OC1CCN(c2ccc(Cl)cn2)CC1)C1CC1c1ccc(Br)cc1. The number of benzene rings is 1. The Hall–Kier alpha value is -1.59. The van der Waals surface area contributed by atoms with E-state index in [-0.39, 0.29) is 18.0 Å². The van der Waals surface area contributed by atoms with Crippen LogP contribution in [0.3, 0.4) is 0 Å². The molecular weight excluding hydrogens is 416 g/mol. The number of rotatable bonds is 4. The monoisotopic (exact) mass is 434 g/mol. The minimum atomic E-state index is -0.0408. The molecule has 1 aliphatic heterocycles. The average Bonchev–Trinajstić information content (AvgIpc) is 3.45. The van der Waals surface area contributed by atoms with Crippen molar-refractivity contribution in [1.29, 1.82) is 0 Å². The van der Waals surface area contributed by atoms with E-state index in [1.54, 1.807) is 6.20 Å². The first-order valence-electron chi connectivity index (χ1n) is 8.92. The van der Waals surface area contributed by atoms with Crippen molar-refractivity contribution in [2.75, 3.05) is 18.0 Å². The first-order chi connectivity index (χ1) is 12.6. The van der Waals surface area contributed by atoms with Gasteiger partial charge in [0.25, 0.3) is 0 Å². The van der Waals surface area contributed by atoms with Crippen LogP contribution in [0.5, 0.6) is 0 Å². The highest BCUT2D eigenvalue weighted by Gasteiger charge is 2.45.